The van der Waals surface area contributed by atoms with Crippen LogP contribution in [0.2, 0.25) is 0 Å². The molecule has 0 spiro atoms. The van der Waals surface area contributed by atoms with E-state index in [4.69, 9.17) is 5.73 Å². The molecule has 1 fully saturated rings. The molecule has 3 heterocycles. The van der Waals surface area contributed by atoms with Crippen molar-refractivity contribution in [2.45, 2.75) is 18.9 Å². The monoisotopic (exact) mass is 286 g/mol. The number of aromatic nitrogens is 4. The molecule has 2 amide bonds. The Balaban J connectivity index is 1.91. The molecule has 3 N–H and O–H groups in total. The van der Waals surface area contributed by atoms with E-state index in [1.54, 1.807) is 4.90 Å². The van der Waals surface area contributed by atoms with Crippen LogP contribution in [-0.2, 0) is 0 Å². The highest BCUT2D eigenvalue weighted by atomic mass is 16.2. The van der Waals surface area contributed by atoms with Gasteiger partial charge in [-0.3, -0.25) is 19.7 Å². The van der Waals surface area contributed by atoms with Crippen molar-refractivity contribution >= 4 is 11.8 Å². The normalized spacial score (nSPS) is 17.9. The molecule has 2 aromatic heterocycles. The van der Waals surface area contributed by atoms with Crippen molar-refractivity contribution in [3.63, 3.8) is 0 Å². The quantitative estimate of drug-likeness (QED) is 0.840. The summed E-state index contributed by atoms with van der Waals surface area (Å²) in [5, 5.41) is 6.65. The van der Waals surface area contributed by atoms with E-state index in [1.807, 2.05) is 0 Å². The van der Waals surface area contributed by atoms with Crippen LogP contribution >= 0.6 is 0 Å². The number of hydrogen-bond acceptors (Lipinski definition) is 5. The van der Waals surface area contributed by atoms with Crippen molar-refractivity contribution in [3.05, 3.63) is 41.7 Å². The van der Waals surface area contributed by atoms with Crippen LogP contribution in [0, 0.1) is 0 Å². The molecule has 1 saturated heterocycles. The fourth-order valence-corrected chi connectivity index (χ4v) is 2.61. The summed E-state index contributed by atoms with van der Waals surface area (Å²) >= 11 is 0. The molecule has 1 aliphatic rings. The zero-order valence-electron chi connectivity index (χ0n) is 11.2. The molecule has 0 radical (unpaired) electrons. The van der Waals surface area contributed by atoms with Crippen molar-refractivity contribution in [2.24, 2.45) is 5.73 Å². The lowest BCUT2D eigenvalue weighted by atomic mass is 10.1. The maximum absolute atomic E-state index is 12.5. The van der Waals surface area contributed by atoms with Crippen molar-refractivity contribution in [2.75, 3.05) is 6.54 Å². The highest BCUT2D eigenvalue weighted by Crippen LogP contribution is 2.33. The summed E-state index contributed by atoms with van der Waals surface area (Å²) in [6, 6.07) is -0.246. The number of likely N-dealkylation sites (tertiary alicyclic amines) is 1. The summed E-state index contributed by atoms with van der Waals surface area (Å²) in [7, 11) is 0. The van der Waals surface area contributed by atoms with E-state index < -0.39 is 5.91 Å². The van der Waals surface area contributed by atoms with Crippen LogP contribution < -0.4 is 5.73 Å². The summed E-state index contributed by atoms with van der Waals surface area (Å²) in [4.78, 5) is 33.5. The molecule has 0 bridgehead atoms. The van der Waals surface area contributed by atoms with E-state index in [9.17, 15) is 9.59 Å². The molecular formula is C13H14N6O2. The van der Waals surface area contributed by atoms with Crippen LogP contribution in [0.4, 0.5) is 0 Å². The number of carbonyl (C=O) groups excluding carboxylic acids is 2. The molecule has 1 atom stereocenters. The third-order valence-electron chi connectivity index (χ3n) is 3.56. The number of nitrogens with one attached hydrogen (secondary N) is 1. The fraction of sp³-hybridized carbons (Fsp3) is 0.308. The summed E-state index contributed by atoms with van der Waals surface area (Å²) < 4.78 is 0. The number of aromatic amines is 1. The Morgan fingerprint density at radius 2 is 2.19 bits per heavy atom. The Morgan fingerprint density at radius 3 is 2.90 bits per heavy atom. The minimum atomic E-state index is -0.558. The van der Waals surface area contributed by atoms with E-state index in [-0.39, 0.29) is 17.6 Å². The van der Waals surface area contributed by atoms with Gasteiger partial charge in [-0.25, -0.2) is 4.98 Å². The van der Waals surface area contributed by atoms with Crippen LogP contribution in [0.5, 0.6) is 0 Å². The summed E-state index contributed by atoms with van der Waals surface area (Å²) in [5.74, 6) is -0.770. The van der Waals surface area contributed by atoms with Gasteiger partial charge in [-0.2, -0.15) is 5.10 Å². The second-order valence-electron chi connectivity index (χ2n) is 4.81. The molecule has 1 aliphatic heterocycles. The van der Waals surface area contributed by atoms with Gasteiger partial charge < -0.3 is 10.6 Å². The maximum Gasteiger partial charge on any atom is 0.274 e. The van der Waals surface area contributed by atoms with Gasteiger partial charge in [0, 0.05) is 18.9 Å². The average Bonchev–Trinajstić information content (AvgIpc) is 3.15. The standard InChI is InChI=1S/C13H14N6O2/c14-12(20)8-6-17-18-11(8)10-2-1-5-19(10)13(21)9-7-15-3-4-16-9/h3-4,6-7,10H,1-2,5H2,(H2,14,20)(H,17,18). The summed E-state index contributed by atoms with van der Waals surface area (Å²) in [5.41, 5.74) is 6.52. The molecule has 1 unspecified atom stereocenters. The van der Waals surface area contributed by atoms with Crippen LogP contribution in [0.3, 0.4) is 0 Å². The van der Waals surface area contributed by atoms with Gasteiger partial charge in [0.25, 0.3) is 11.8 Å². The first-order valence-electron chi connectivity index (χ1n) is 6.58. The largest absolute Gasteiger partial charge is 0.365 e. The SMILES string of the molecule is NC(=O)c1cn[nH]c1C1CCCN1C(=O)c1cnccn1. The molecule has 108 valence electrons. The Morgan fingerprint density at radius 1 is 1.33 bits per heavy atom. The number of primary amides is 1. The second kappa shape index (κ2) is 5.31. The highest BCUT2D eigenvalue weighted by Gasteiger charge is 2.34. The molecule has 0 aliphatic carbocycles. The molecule has 21 heavy (non-hydrogen) atoms. The molecular weight excluding hydrogens is 272 g/mol. The topological polar surface area (TPSA) is 118 Å². The van der Waals surface area contributed by atoms with Gasteiger partial charge in [0.15, 0.2) is 0 Å². The zero-order valence-corrected chi connectivity index (χ0v) is 11.2. The van der Waals surface area contributed by atoms with Crippen molar-refractivity contribution in [3.8, 4) is 0 Å². The average molecular weight is 286 g/mol. The molecule has 8 nitrogen and oxygen atoms in total. The van der Waals surface area contributed by atoms with Crippen LogP contribution in [0.15, 0.2) is 24.8 Å². The summed E-state index contributed by atoms with van der Waals surface area (Å²) in [6.45, 7) is 0.595. The van der Waals surface area contributed by atoms with Gasteiger partial charge in [-0.15, -0.1) is 0 Å². The Bertz CT molecular complexity index is 668. The van der Waals surface area contributed by atoms with E-state index >= 15 is 0 Å². The Labute approximate surface area is 120 Å². The second-order valence-corrected chi connectivity index (χ2v) is 4.81. The smallest absolute Gasteiger partial charge is 0.274 e. The minimum absolute atomic E-state index is 0.212. The van der Waals surface area contributed by atoms with Crippen molar-refractivity contribution in [1.82, 2.24) is 25.1 Å². The predicted molar refractivity (Wildman–Crippen MR) is 72.1 cm³/mol. The lowest BCUT2D eigenvalue weighted by Gasteiger charge is -2.23. The van der Waals surface area contributed by atoms with Crippen LogP contribution in [0.25, 0.3) is 0 Å². The number of H-pyrrole nitrogens is 1. The van der Waals surface area contributed by atoms with E-state index in [0.717, 1.165) is 12.8 Å². The lowest BCUT2D eigenvalue weighted by molar-refractivity contribution is 0.0724. The predicted octanol–water partition coefficient (Wildman–Crippen LogP) is 0.276. The lowest BCUT2D eigenvalue weighted by Crippen LogP contribution is -2.32. The van der Waals surface area contributed by atoms with Gasteiger partial charge in [-0.1, -0.05) is 0 Å². The first-order valence-corrected chi connectivity index (χ1v) is 6.58. The third kappa shape index (κ3) is 2.35. The van der Waals surface area contributed by atoms with Gasteiger partial charge in [-0.05, 0) is 12.8 Å². The van der Waals surface area contributed by atoms with Gasteiger partial charge in [0.2, 0.25) is 0 Å². The molecule has 2 aromatic rings. The van der Waals surface area contributed by atoms with Gasteiger partial charge in [0.1, 0.15) is 5.69 Å². The summed E-state index contributed by atoms with van der Waals surface area (Å²) in [6.07, 6.45) is 7.39. The Hall–Kier alpha value is -2.77. The molecule has 3 rings (SSSR count). The fourth-order valence-electron chi connectivity index (χ4n) is 2.61. The minimum Gasteiger partial charge on any atom is -0.365 e. The number of hydrogen-bond donors (Lipinski definition) is 2. The zero-order chi connectivity index (χ0) is 14.8. The highest BCUT2D eigenvalue weighted by molar-refractivity contribution is 5.95. The van der Waals surface area contributed by atoms with Gasteiger partial charge in [0.05, 0.1) is 29.7 Å². The molecule has 8 heteroatoms. The first kappa shape index (κ1) is 13.2. The number of amides is 2. The van der Waals surface area contributed by atoms with Crippen molar-refractivity contribution < 1.29 is 9.59 Å². The van der Waals surface area contributed by atoms with E-state index in [0.29, 0.717) is 17.8 Å². The van der Waals surface area contributed by atoms with Crippen LogP contribution in [-0.4, -0.2) is 43.4 Å². The first-order chi connectivity index (χ1) is 10.2. The number of carbonyl (C=O) groups is 2. The van der Waals surface area contributed by atoms with Gasteiger partial charge >= 0.3 is 0 Å². The van der Waals surface area contributed by atoms with E-state index in [2.05, 4.69) is 20.2 Å². The van der Waals surface area contributed by atoms with Crippen molar-refractivity contribution in [1.29, 1.82) is 0 Å². The number of nitrogens with zero attached hydrogens (tertiary/aromatic N) is 4. The third-order valence-corrected chi connectivity index (χ3v) is 3.56. The number of rotatable bonds is 3. The van der Waals surface area contributed by atoms with Crippen LogP contribution in [0.1, 0.15) is 45.4 Å². The van der Waals surface area contributed by atoms with E-state index in [1.165, 1.54) is 24.8 Å². The number of nitrogens with two attached hydrogens (primary N) is 1. The molecule has 0 saturated carbocycles. The maximum atomic E-state index is 12.5. The molecule has 0 aromatic carbocycles. The Kier molecular flexibility index (Phi) is 3.35.